The molecule has 1 aliphatic rings. The van der Waals surface area contributed by atoms with Crippen LogP contribution in [0.2, 0.25) is 0 Å². The Hall–Kier alpha value is -2.30. The first-order valence-electron chi connectivity index (χ1n) is 7.76. The van der Waals surface area contributed by atoms with Crippen LogP contribution in [0.1, 0.15) is 28.8 Å². The average Bonchev–Trinajstić information content (AvgIpc) is 2.58. The second-order valence-corrected chi connectivity index (χ2v) is 5.93. The topological polar surface area (TPSA) is 33.2 Å². The molecule has 2 aromatic rings. The van der Waals surface area contributed by atoms with Gasteiger partial charge in [-0.15, -0.1) is 0 Å². The molecule has 1 amide bonds. The first-order valence-corrected chi connectivity index (χ1v) is 7.76. The molecule has 0 spiro atoms. The van der Waals surface area contributed by atoms with E-state index in [4.69, 9.17) is 0 Å². The van der Waals surface area contributed by atoms with E-state index in [1.807, 2.05) is 18.3 Å². The van der Waals surface area contributed by atoms with Crippen LogP contribution >= 0.6 is 0 Å². The third-order valence-electron chi connectivity index (χ3n) is 4.31. The number of rotatable bonds is 3. The lowest BCUT2D eigenvalue weighted by Gasteiger charge is -2.32. The molecule has 1 aliphatic heterocycles. The Morgan fingerprint density at radius 3 is 2.70 bits per heavy atom. The van der Waals surface area contributed by atoms with E-state index in [-0.39, 0.29) is 5.56 Å². The quantitative estimate of drug-likeness (QED) is 0.869. The van der Waals surface area contributed by atoms with E-state index in [1.165, 1.54) is 5.56 Å². The van der Waals surface area contributed by atoms with Crippen molar-refractivity contribution in [1.29, 1.82) is 0 Å². The van der Waals surface area contributed by atoms with Gasteiger partial charge in [-0.3, -0.25) is 9.78 Å². The Labute approximate surface area is 134 Å². The zero-order valence-electron chi connectivity index (χ0n) is 12.7. The summed E-state index contributed by atoms with van der Waals surface area (Å²) in [5, 5.41) is 0. The SMILES string of the molecule is O=C(c1cc(F)ccc1F)N1CCC(Cc2cccnc2)CC1. The third-order valence-corrected chi connectivity index (χ3v) is 4.31. The van der Waals surface area contributed by atoms with E-state index >= 15 is 0 Å². The molecule has 0 saturated carbocycles. The molecule has 0 atom stereocenters. The molecule has 1 fully saturated rings. The molecule has 23 heavy (non-hydrogen) atoms. The van der Waals surface area contributed by atoms with Crippen LogP contribution in [0.5, 0.6) is 0 Å². The number of likely N-dealkylation sites (tertiary alicyclic amines) is 1. The van der Waals surface area contributed by atoms with Gasteiger partial charge in [0.1, 0.15) is 11.6 Å². The van der Waals surface area contributed by atoms with Crippen molar-refractivity contribution in [3.63, 3.8) is 0 Å². The van der Waals surface area contributed by atoms with Gasteiger partial charge in [-0.25, -0.2) is 8.78 Å². The summed E-state index contributed by atoms with van der Waals surface area (Å²) in [6.07, 6.45) is 6.26. The van der Waals surface area contributed by atoms with Gasteiger partial charge in [0.15, 0.2) is 0 Å². The van der Waals surface area contributed by atoms with Crippen molar-refractivity contribution in [1.82, 2.24) is 9.88 Å². The number of benzene rings is 1. The minimum Gasteiger partial charge on any atom is -0.339 e. The highest BCUT2D eigenvalue weighted by molar-refractivity contribution is 5.94. The molecule has 120 valence electrons. The summed E-state index contributed by atoms with van der Waals surface area (Å²) in [7, 11) is 0. The Morgan fingerprint density at radius 1 is 1.22 bits per heavy atom. The van der Waals surface area contributed by atoms with Crippen LogP contribution in [0.3, 0.4) is 0 Å². The van der Waals surface area contributed by atoms with E-state index in [0.29, 0.717) is 19.0 Å². The van der Waals surface area contributed by atoms with E-state index in [0.717, 1.165) is 37.5 Å². The third kappa shape index (κ3) is 3.73. The van der Waals surface area contributed by atoms with Gasteiger partial charge in [-0.1, -0.05) is 6.07 Å². The number of aromatic nitrogens is 1. The molecular weight excluding hydrogens is 298 g/mol. The van der Waals surface area contributed by atoms with Gasteiger partial charge in [-0.2, -0.15) is 0 Å². The molecular formula is C18H18F2N2O. The normalized spacial score (nSPS) is 15.7. The standard InChI is InChI=1S/C18H18F2N2O/c19-15-3-4-17(20)16(11-15)18(23)22-8-5-13(6-9-22)10-14-2-1-7-21-12-14/h1-4,7,11-13H,5-6,8-10H2. The minimum absolute atomic E-state index is 0.185. The number of carbonyl (C=O) groups excluding carboxylic acids is 1. The highest BCUT2D eigenvalue weighted by Crippen LogP contribution is 2.23. The summed E-state index contributed by atoms with van der Waals surface area (Å²) in [5.74, 6) is -1.21. The smallest absolute Gasteiger partial charge is 0.256 e. The van der Waals surface area contributed by atoms with Crippen molar-refractivity contribution in [2.75, 3.05) is 13.1 Å². The highest BCUT2D eigenvalue weighted by atomic mass is 19.1. The Kier molecular flexibility index (Phi) is 4.65. The maximum absolute atomic E-state index is 13.7. The van der Waals surface area contributed by atoms with Crippen molar-refractivity contribution in [2.45, 2.75) is 19.3 Å². The predicted octanol–water partition coefficient (Wildman–Crippen LogP) is 3.45. The minimum atomic E-state index is -0.672. The molecule has 0 unspecified atom stereocenters. The van der Waals surface area contributed by atoms with Gasteiger partial charge in [-0.05, 0) is 55.0 Å². The van der Waals surface area contributed by atoms with E-state index in [1.54, 1.807) is 11.1 Å². The molecule has 0 radical (unpaired) electrons. The summed E-state index contributed by atoms with van der Waals surface area (Å²) in [6.45, 7) is 1.14. The number of hydrogen-bond acceptors (Lipinski definition) is 2. The molecule has 3 rings (SSSR count). The van der Waals surface area contributed by atoms with Crippen molar-refractivity contribution < 1.29 is 13.6 Å². The summed E-state index contributed by atoms with van der Waals surface area (Å²) in [5.41, 5.74) is 1.00. The van der Waals surface area contributed by atoms with Crippen molar-refractivity contribution >= 4 is 5.91 Å². The second kappa shape index (κ2) is 6.86. The largest absolute Gasteiger partial charge is 0.339 e. The molecule has 0 N–H and O–H groups in total. The molecule has 0 aliphatic carbocycles. The fourth-order valence-electron chi connectivity index (χ4n) is 3.02. The summed E-state index contributed by atoms with van der Waals surface area (Å²) in [6, 6.07) is 6.96. The monoisotopic (exact) mass is 316 g/mol. The number of nitrogens with zero attached hydrogens (tertiary/aromatic N) is 2. The van der Waals surface area contributed by atoms with Crippen LogP contribution < -0.4 is 0 Å². The van der Waals surface area contributed by atoms with Gasteiger partial charge in [0.05, 0.1) is 5.56 Å². The molecule has 1 saturated heterocycles. The van der Waals surface area contributed by atoms with Crippen LogP contribution in [-0.4, -0.2) is 28.9 Å². The van der Waals surface area contributed by atoms with Crippen LogP contribution in [0.4, 0.5) is 8.78 Å². The summed E-state index contributed by atoms with van der Waals surface area (Å²) >= 11 is 0. The van der Waals surface area contributed by atoms with Crippen LogP contribution in [-0.2, 0) is 6.42 Å². The molecule has 5 heteroatoms. The fraction of sp³-hybridized carbons (Fsp3) is 0.333. The number of carbonyl (C=O) groups is 1. The number of hydrogen-bond donors (Lipinski definition) is 0. The lowest BCUT2D eigenvalue weighted by molar-refractivity contribution is 0.0685. The van der Waals surface area contributed by atoms with Gasteiger partial charge in [0, 0.05) is 25.5 Å². The maximum atomic E-state index is 13.7. The van der Waals surface area contributed by atoms with Gasteiger partial charge >= 0.3 is 0 Å². The van der Waals surface area contributed by atoms with Crippen LogP contribution in [0.15, 0.2) is 42.7 Å². The molecule has 1 aromatic heterocycles. The number of piperidine rings is 1. The van der Waals surface area contributed by atoms with Gasteiger partial charge in [0.25, 0.3) is 5.91 Å². The Balaban J connectivity index is 1.60. The highest BCUT2D eigenvalue weighted by Gasteiger charge is 2.25. The molecule has 2 heterocycles. The van der Waals surface area contributed by atoms with Crippen LogP contribution in [0.25, 0.3) is 0 Å². The van der Waals surface area contributed by atoms with E-state index < -0.39 is 17.5 Å². The average molecular weight is 316 g/mol. The second-order valence-electron chi connectivity index (χ2n) is 5.93. The van der Waals surface area contributed by atoms with E-state index in [9.17, 15) is 13.6 Å². The number of halogens is 2. The fourth-order valence-corrected chi connectivity index (χ4v) is 3.02. The van der Waals surface area contributed by atoms with Crippen LogP contribution in [0, 0.1) is 17.6 Å². The first kappa shape index (κ1) is 15.6. The predicted molar refractivity (Wildman–Crippen MR) is 82.9 cm³/mol. The summed E-state index contributed by atoms with van der Waals surface area (Å²) < 4.78 is 27.0. The zero-order valence-corrected chi connectivity index (χ0v) is 12.7. The lowest BCUT2D eigenvalue weighted by Crippen LogP contribution is -2.39. The van der Waals surface area contributed by atoms with Gasteiger partial charge in [0.2, 0.25) is 0 Å². The molecule has 0 bridgehead atoms. The Bertz CT molecular complexity index is 683. The van der Waals surface area contributed by atoms with Crippen molar-refractivity contribution in [3.05, 3.63) is 65.5 Å². The van der Waals surface area contributed by atoms with Crippen molar-refractivity contribution in [2.24, 2.45) is 5.92 Å². The van der Waals surface area contributed by atoms with E-state index in [2.05, 4.69) is 4.98 Å². The van der Waals surface area contributed by atoms with Gasteiger partial charge < -0.3 is 4.90 Å². The first-order chi connectivity index (χ1) is 11.1. The lowest BCUT2D eigenvalue weighted by atomic mass is 9.90. The zero-order chi connectivity index (χ0) is 16.2. The maximum Gasteiger partial charge on any atom is 0.256 e. The van der Waals surface area contributed by atoms with Crippen molar-refractivity contribution in [3.8, 4) is 0 Å². The summed E-state index contributed by atoms with van der Waals surface area (Å²) in [4.78, 5) is 18.1. The Morgan fingerprint density at radius 2 is 2.00 bits per heavy atom. The number of pyridine rings is 1. The molecule has 3 nitrogen and oxygen atoms in total. The molecule has 1 aromatic carbocycles. The number of amides is 1.